The van der Waals surface area contributed by atoms with Gasteiger partial charge in [0.15, 0.2) is 11.5 Å². The Morgan fingerprint density at radius 1 is 1.12 bits per heavy atom. The molecule has 0 aliphatic rings. The first-order valence-electron chi connectivity index (χ1n) is 7.43. The zero-order valence-electron chi connectivity index (χ0n) is 13.9. The molecule has 2 N–H and O–H groups in total. The first-order chi connectivity index (χ1) is 12.4. The van der Waals surface area contributed by atoms with Crippen LogP contribution in [0.4, 0.5) is 0 Å². The quantitative estimate of drug-likeness (QED) is 0.653. The van der Waals surface area contributed by atoms with Crippen molar-refractivity contribution in [1.82, 2.24) is 10.9 Å². The standard InChI is InChI=1S/C17H15BrCl2N2O4/c1-3-26-15-12(18)6-9(7-14(15)25-2)16(23)21-22-17(24)11-8-10(19)4-5-13(11)20/h4-8H,3H2,1-2H3,(H,21,23)(H,22,24). The van der Waals surface area contributed by atoms with Gasteiger partial charge in [-0.05, 0) is 53.2 Å². The van der Waals surface area contributed by atoms with Crippen molar-refractivity contribution < 1.29 is 19.1 Å². The Hall–Kier alpha value is -1.96. The average Bonchev–Trinajstić information content (AvgIpc) is 2.62. The first kappa shape index (κ1) is 20.4. The minimum atomic E-state index is -0.595. The number of carbonyl (C=O) groups is 2. The first-order valence-corrected chi connectivity index (χ1v) is 8.98. The smallest absolute Gasteiger partial charge is 0.271 e. The SMILES string of the molecule is CCOc1c(Br)cc(C(=O)NNC(=O)c2cc(Cl)ccc2Cl)cc1OC. The van der Waals surface area contributed by atoms with E-state index in [2.05, 4.69) is 26.8 Å². The van der Waals surface area contributed by atoms with E-state index in [4.69, 9.17) is 32.7 Å². The fraction of sp³-hybridized carbons (Fsp3) is 0.176. The maximum atomic E-state index is 12.3. The molecule has 0 aliphatic carbocycles. The van der Waals surface area contributed by atoms with Gasteiger partial charge in [0.25, 0.3) is 11.8 Å². The molecule has 0 aromatic heterocycles. The summed E-state index contributed by atoms with van der Waals surface area (Å²) in [5.41, 5.74) is 5.01. The van der Waals surface area contributed by atoms with Crippen molar-refractivity contribution in [3.8, 4) is 11.5 Å². The molecular weight excluding hydrogens is 447 g/mol. The van der Waals surface area contributed by atoms with Crippen molar-refractivity contribution in [1.29, 1.82) is 0 Å². The molecule has 2 amide bonds. The Labute approximate surface area is 168 Å². The van der Waals surface area contributed by atoms with Crippen LogP contribution in [0.1, 0.15) is 27.6 Å². The number of hydrogen-bond donors (Lipinski definition) is 2. The van der Waals surface area contributed by atoms with E-state index < -0.39 is 11.8 Å². The van der Waals surface area contributed by atoms with Gasteiger partial charge in [0, 0.05) is 10.6 Å². The average molecular weight is 462 g/mol. The third-order valence-corrected chi connectivity index (χ3v) is 4.40. The lowest BCUT2D eigenvalue weighted by molar-refractivity contribution is 0.0846. The van der Waals surface area contributed by atoms with Crippen LogP contribution in [0.2, 0.25) is 10.0 Å². The van der Waals surface area contributed by atoms with Crippen molar-refractivity contribution in [2.45, 2.75) is 6.92 Å². The number of benzene rings is 2. The molecule has 0 bridgehead atoms. The maximum absolute atomic E-state index is 12.3. The van der Waals surface area contributed by atoms with Gasteiger partial charge in [-0.3, -0.25) is 20.4 Å². The molecule has 0 saturated heterocycles. The van der Waals surface area contributed by atoms with Crippen LogP contribution >= 0.6 is 39.1 Å². The van der Waals surface area contributed by atoms with Gasteiger partial charge in [-0.15, -0.1) is 0 Å². The normalized spacial score (nSPS) is 10.2. The van der Waals surface area contributed by atoms with E-state index in [0.717, 1.165) is 0 Å². The summed E-state index contributed by atoms with van der Waals surface area (Å²) in [4.78, 5) is 24.5. The Morgan fingerprint density at radius 3 is 2.46 bits per heavy atom. The third-order valence-electron chi connectivity index (χ3n) is 3.24. The Balaban J connectivity index is 2.14. The predicted octanol–water partition coefficient (Wildman–Crippen LogP) is 4.24. The zero-order chi connectivity index (χ0) is 19.3. The number of hydrazine groups is 1. The van der Waals surface area contributed by atoms with Crippen LogP contribution in [0.25, 0.3) is 0 Å². The van der Waals surface area contributed by atoms with Gasteiger partial charge in [-0.25, -0.2) is 0 Å². The molecule has 26 heavy (non-hydrogen) atoms. The van der Waals surface area contributed by atoms with Gasteiger partial charge in [-0.1, -0.05) is 23.2 Å². The van der Waals surface area contributed by atoms with Crippen LogP contribution in [0.5, 0.6) is 11.5 Å². The van der Waals surface area contributed by atoms with E-state index in [9.17, 15) is 9.59 Å². The number of halogens is 3. The number of methoxy groups -OCH3 is 1. The van der Waals surface area contributed by atoms with E-state index in [1.54, 1.807) is 12.1 Å². The summed E-state index contributed by atoms with van der Waals surface area (Å²) in [5, 5.41) is 0.567. The minimum absolute atomic E-state index is 0.143. The third kappa shape index (κ3) is 4.81. The minimum Gasteiger partial charge on any atom is -0.493 e. The molecule has 2 rings (SSSR count). The van der Waals surface area contributed by atoms with E-state index in [1.807, 2.05) is 6.92 Å². The van der Waals surface area contributed by atoms with Gasteiger partial charge in [0.05, 0.1) is 28.8 Å². The van der Waals surface area contributed by atoms with Gasteiger partial charge < -0.3 is 9.47 Å². The highest BCUT2D eigenvalue weighted by Crippen LogP contribution is 2.36. The van der Waals surface area contributed by atoms with Crippen LogP contribution in [0, 0.1) is 0 Å². The highest BCUT2D eigenvalue weighted by Gasteiger charge is 2.17. The molecule has 9 heteroatoms. The number of hydrogen-bond acceptors (Lipinski definition) is 4. The molecule has 0 saturated carbocycles. The van der Waals surface area contributed by atoms with Crippen LogP contribution in [-0.4, -0.2) is 25.5 Å². The molecule has 138 valence electrons. The van der Waals surface area contributed by atoms with E-state index in [0.29, 0.717) is 27.6 Å². The van der Waals surface area contributed by atoms with Crippen molar-refractivity contribution in [3.63, 3.8) is 0 Å². The number of nitrogens with one attached hydrogen (secondary N) is 2. The van der Waals surface area contributed by atoms with E-state index in [-0.39, 0.29) is 16.1 Å². The van der Waals surface area contributed by atoms with Gasteiger partial charge in [-0.2, -0.15) is 0 Å². The van der Waals surface area contributed by atoms with Crippen LogP contribution in [-0.2, 0) is 0 Å². The molecule has 0 unspecified atom stereocenters. The fourth-order valence-electron chi connectivity index (χ4n) is 2.06. The highest BCUT2D eigenvalue weighted by atomic mass is 79.9. The zero-order valence-corrected chi connectivity index (χ0v) is 17.0. The van der Waals surface area contributed by atoms with Gasteiger partial charge >= 0.3 is 0 Å². The van der Waals surface area contributed by atoms with Crippen molar-refractivity contribution in [3.05, 3.63) is 56.0 Å². The lowest BCUT2D eigenvalue weighted by Gasteiger charge is -2.14. The Bertz CT molecular complexity index is 846. The fourth-order valence-corrected chi connectivity index (χ4v) is 2.99. The summed E-state index contributed by atoms with van der Waals surface area (Å²) in [6.07, 6.45) is 0. The second-order valence-corrected chi connectivity index (χ2v) is 6.65. The van der Waals surface area contributed by atoms with Crippen LogP contribution in [0.15, 0.2) is 34.8 Å². The van der Waals surface area contributed by atoms with E-state index >= 15 is 0 Å². The molecule has 0 atom stereocenters. The highest BCUT2D eigenvalue weighted by molar-refractivity contribution is 9.10. The van der Waals surface area contributed by atoms with Crippen LogP contribution < -0.4 is 20.3 Å². The Morgan fingerprint density at radius 2 is 1.81 bits per heavy atom. The maximum Gasteiger partial charge on any atom is 0.271 e. The molecule has 2 aromatic carbocycles. The summed E-state index contributed by atoms with van der Waals surface area (Å²) in [5.74, 6) is -0.266. The topological polar surface area (TPSA) is 76.7 Å². The predicted molar refractivity (Wildman–Crippen MR) is 103 cm³/mol. The van der Waals surface area contributed by atoms with Crippen LogP contribution in [0.3, 0.4) is 0 Å². The van der Waals surface area contributed by atoms with Crippen molar-refractivity contribution in [2.75, 3.05) is 13.7 Å². The van der Waals surface area contributed by atoms with E-state index in [1.165, 1.54) is 25.3 Å². The molecule has 0 heterocycles. The summed E-state index contributed by atoms with van der Waals surface area (Å²) in [7, 11) is 1.47. The van der Waals surface area contributed by atoms with Crippen molar-refractivity contribution >= 4 is 50.9 Å². The largest absolute Gasteiger partial charge is 0.493 e. The number of carbonyl (C=O) groups excluding carboxylic acids is 2. The van der Waals surface area contributed by atoms with Crippen molar-refractivity contribution in [2.24, 2.45) is 0 Å². The molecule has 0 radical (unpaired) electrons. The summed E-state index contributed by atoms with van der Waals surface area (Å²) >= 11 is 15.2. The number of rotatable bonds is 5. The summed E-state index contributed by atoms with van der Waals surface area (Å²) in [6, 6.07) is 7.52. The second kappa shape index (κ2) is 9.12. The van der Waals surface area contributed by atoms with Gasteiger partial charge in [0.2, 0.25) is 0 Å². The lowest BCUT2D eigenvalue weighted by Crippen LogP contribution is -2.41. The Kier molecular flexibility index (Phi) is 7.14. The lowest BCUT2D eigenvalue weighted by atomic mass is 10.2. The molecule has 2 aromatic rings. The summed E-state index contributed by atoms with van der Waals surface area (Å²) in [6.45, 7) is 2.28. The monoisotopic (exact) mass is 460 g/mol. The summed E-state index contributed by atoms with van der Waals surface area (Å²) < 4.78 is 11.3. The molecule has 6 nitrogen and oxygen atoms in total. The molecule has 0 fully saturated rings. The van der Waals surface area contributed by atoms with Gasteiger partial charge in [0.1, 0.15) is 0 Å². The molecule has 0 aliphatic heterocycles. The molecular formula is C17H15BrCl2N2O4. The molecule has 0 spiro atoms. The number of amides is 2. The number of ether oxygens (including phenoxy) is 2. The second-order valence-electron chi connectivity index (χ2n) is 4.95.